The molecule has 8 nitrogen and oxygen atoms in total. The van der Waals surface area contributed by atoms with Crippen molar-refractivity contribution in [3.05, 3.63) is 23.3 Å². The number of carbonyl (C=O) groups excluding carboxylic acids is 2. The molecule has 30 heavy (non-hydrogen) atoms. The summed E-state index contributed by atoms with van der Waals surface area (Å²) in [6.45, 7) is 6.54. The molecular formula is C22H32N2O6. The van der Waals surface area contributed by atoms with Crippen molar-refractivity contribution < 1.29 is 28.5 Å². The predicted octanol–water partition coefficient (Wildman–Crippen LogP) is 2.64. The molecule has 3 unspecified atom stereocenters. The molecule has 3 atom stereocenters. The third-order valence-corrected chi connectivity index (χ3v) is 6.26. The van der Waals surface area contributed by atoms with Crippen molar-refractivity contribution in [2.75, 3.05) is 47.5 Å². The van der Waals surface area contributed by atoms with E-state index < -0.39 is 18.2 Å². The zero-order valence-electron chi connectivity index (χ0n) is 18.5. The van der Waals surface area contributed by atoms with E-state index in [1.807, 2.05) is 26.0 Å². The summed E-state index contributed by atoms with van der Waals surface area (Å²) in [7, 11) is 4.53. The molecule has 2 heterocycles. The topological polar surface area (TPSA) is 77.5 Å². The van der Waals surface area contributed by atoms with Crippen LogP contribution in [0.15, 0.2) is 12.1 Å². The average Bonchev–Trinajstić information content (AvgIpc) is 2.78. The molecule has 1 fully saturated rings. The van der Waals surface area contributed by atoms with Crippen LogP contribution < -0.4 is 9.47 Å². The van der Waals surface area contributed by atoms with Crippen molar-refractivity contribution in [3.63, 3.8) is 0 Å². The van der Waals surface area contributed by atoms with Crippen molar-refractivity contribution in [3.8, 4) is 11.5 Å². The van der Waals surface area contributed by atoms with Gasteiger partial charge in [0.1, 0.15) is 6.10 Å². The molecule has 0 aromatic heterocycles. The standard InChI is InChI=1S/C22H32N2O6/c1-6-23(7-2)21(25)16-13-24-9-8-14-10-19(27-3)20(28-4)11-15(14)17(24)12-18(16)30-22(26)29-5/h10-11,16-18H,6-9,12-13H2,1-5H3. The van der Waals surface area contributed by atoms with Gasteiger partial charge in [-0.2, -0.15) is 0 Å². The first-order valence-electron chi connectivity index (χ1n) is 10.5. The molecular weight excluding hydrogens is 388 g/mol. The van der Waals surface area contributed by atoms with E-state index in [9.17, 15) is 9.59 Å². The largest absolute Gasteiger partial charge is 0.508 e. The van der Waals surface area contributed by atoms with Crippen LogP contribution in [0.3, 0.4) is 0 Å². The molecule has 8 heteroatoms. The van der Waals surface area contributed by atoms with Crippen molar-refractivity contribution in [1.82, 2.24) is 9.80 Å². The van der Waals surface area contributed by atoms with E-state index >= 15 is 0 Å². The van der Waals surface area contributed by atoms with E-state index in [4.69, 9.17) is 18.9 Å². The second-order valence-electron chi connectivity index (χ2n) is 7.63. The number of benzene rings is 1. The second-order valence-corrected chi connectivity index (χ2v) is 7.63. The lowest BCUT2D eigenvalue weighted by atomic mass is 9.81. The van der Waals surface area contributed by atoms with Crippen molar-refractivity contribution >= 4 is 12.1 Å². The molecule has 1 saturated heterocycles. The highest BCUT2D eigenvalue weighted by atomic mass is 16.7. The smallest absolute Gasteiger partial charge is 0.493 e. The maximum Gasteiger partial charge on any atom is 0.508 e. The molecule has 0 N–H and O–H groups in total. The number of carbonyl (C=O) groups is 2. The van der Waals surface area contributed by atoms with E-state index in [2.05, 4.69) is 4.90 Å². The minimum absolute atomic E-state index is 0.0189. The van der Waals surface area contributed by atoms with Crippen molar-refractivity contribution in [2.45, 2.75) is 38.8 Å². The minimum atomic E-state index is -0.755. The number of nitrogens with zero attached hydrogens (tertiary/aromatic N) is 2. The summed E-state index contributed by atoms with van der Waals surface area (Å²) in [5, 5.41) is 0. The van der Waals surface area contributed by atoms with Crippen LogP contribution in [-0.4, -0.2) is 75.5 Å². The number of fused-ring (bicyclic) bond motifs is 3. The van der Waals surface area contributed by atoms with Gasteiger partial charge in [-0.3, -0.25) is 9.69 Å². The number of hydrogen-bond donors (Lipinski definition) is 0. The fourth-order valence-corrected chi connectivity index (χ4v) is 4.64. The highest BCUT2D eigenvalue weighted by molar-refractivity contribution is 5.80. The Hall–Kier alpha value is -2.48. The third kappa shape index (κ3) is 4.19. The zero-order valence-corrected chi connectivity index (χ0v) is 18.5. The van der Waals surface area contributed by atoms with Gasteiger partial charge in [-0.1, -0.05) is 0 Å². The molecule has 0 radical (unpaired) electrons. The lowest BCUT2D eigenvalue weighted by molar-refractivity contribution is -0.145. The highest BCUT2D eigenvalue weighted by Gasteiger charge is 2.45. The molecule has 0 saturated carbocycles. The quantitative estimate of drug-likeness (QED) is 0.655. The van der Waals surface area contributed by atoms with Crippen LogP contribution in [0.1, 0.15) is 37.4 Å². The Labute approximate surface area is 178 Å². The van der Waals surface area contributed by atoms with Crippen LogP contribution in [0.5, 0.6) is 11.5 Å². The summed E-state index contributed by atoms with van der Waals surface area (Å²) < 4.78 is 21.3. The molecule has 3 rings (SSSR count). The number of hydrogen-bond acceptors (Lipinski definition) is 7. The van der Waals surface area contributed by atoms with Crippen LogP contribution >= 0.6 is 0 Å². The van der Waals surface area contributed by atoms with Gasteiger partial charge >= 0.3 is 6.16 Å². The summed E-state index contributed by atoms with van der Waals surface area (Å²) in [5.41, 5.74) is 2.32. The van der Waals surface area contributed by atoms with Crippen LogP contribution in [-0.2, 0) is 20.7 Å². The summed E-state index contributed by atoms with van der Waals surface area (Å²) in [6.07, 6.45) is 0.0795. The Morgan fingerprint density at radius 1 is 1.10 bits per heavy atom. The lowest BCUT2D eigenvalue weighted by Gasteiger charge is -2.46. The summed E-state index contributed by atoms with van der Waals surface area (Å²) >= 11 is 0. The maximum atomic E-state index is 13.2. The first-order chi connectivity index (χ1) is 14.5. The van der Waals surface area contributed by atoms with Gasteiger partial charge in [0.25, 0.3) is 0 Å². The van der Waals surface area contributed by atoms with Gasteiger partial charge in [-0.25, -0.2) is 4.79 Å². The minimum Gasteiger partial charge on any atom is -0.493 e. The van der Waals surface area contributed by atoms with E-state index in [1.165, 1.54) is 12.7 Å². The van der Waals surface area contributed by atoms with Crippen LogP contribution in [0.4, 0.5) is 4.79 Å². The third-order valence-electron chi connectivity index (χ3n) is 6.26. The zero-order chi connectivity index (χ0) is 21.8. The monoisotopic (exact) mass is 420 g/mol. The molecule has 2 aliphatic rings. The normalized spacial score (nSPS) is 23.0. The fourth-order valence-electron chi connectivity index (χ4n) is 4.64. The van der Waals surface area contributed by atoms with E-state index in [0.29, 0.717) is 37.6 Å². The van der Waals surface area contributed by atoms with Gasteiger partial charge in [0.05, 0.1) is 27.2 Å². The molecule has 1 aromatic rings. The number of rotatable bonds is 6. The molecule has 0 bridgehead atoms. The molecule has 1 amide bonds. The summed E-state index contributed by atoms with van der Waals surface area (Å²) in [5.74, 6) is 0.981. The Bertz CT molecular complexity index is 779. The predicted molar refractivity (Wildman–Crippen MR) is 111 cm³/mol. The Morgan fingerprint density at radius 2 is 1.77 bits per heavy atom. The number of amides is 1. The van der Waals surface area contributed by atoms with Gasteiger partial charge in [-0.05, 0) is 43.5 Å². The van der Waals surface area contributed by atoms with Crippen LogP contribution in [0.2, 0.25) is 0 Å². The summed E-state index contributed by atoms with van der Waals surface area (Å²) in [6, 6.07) is 4.06. The van der Waals surface area contributed by atoms with Crippen molar-refractivity contribution in [1.29, 1.82) is 0 Å². The molecule has 0 aliphatic carbocycles. The maximum absolute atomic E-state index is 13.2. The molecule has 0 spiro atoms. The number of methoxy groups -OCH3 is 3. The van der Waals surface area contributed by atoms with Crippen LogP contribution in [0, 0.1) is 5.92 Å². The Morgan fingerprint density at radius 3 is 2.37 bits per heavy atom. The van der Waals surface area contributed by atoms with Gasteiger partial charge in [-0.15, -0.1) is 0 Å². The second kappa shape index (κ2) is 9.55. The van der Waals surface area contributed by atoms with Crippen LogP contribution in [0.25, 0.3) is 0 Å². The average molecular weight is 421 g/mol. The first-order valence-corrected chi connectivity index (χ1v) is 10.5. The fraction of sp³-hybridized carbons (Fsp3) is 0.636. The number of ether oxygens (including phenoxy) is 4. The van der Waals surface area contributed by atoms with E-state index in [-0.39, 0.29) is 11.9 Å². The molecule has 1 aromatic carbocycles. The highest BCUT2D eigenvalue weighted by Crippen LogP contribution is 2.43. The van der Waals surface area contributed by atoms with Crippen molar-refractivity contribution in [2.24, 2.45) is 5.92 Å². The van der Waals surface area contributed by atoms with Gasteiger partial charge < -0.3 is 23.8 Å². The van der Waals surface area contributed by atoms with E-state index in [0.717, 1.165) is 18.5 Å². The summed E-state index contributed by atoms with van der Waals surface area (Å²) in [4.78, 5) is 29.2. The first kappa shape index (κ1) is 22.2. The SMILES string of the molecule is CCN(CC)C(=O)C1CN2CCc3cc(OC)c(OC)cc3C2CC1OC(=O)OC. The molecule has 2 aliphatic heterocycles. The molecule has 166 valence electrons. The lowest BCUT2D eigenvalue weighted by Crippen LogP contribution is -2.54. The Kier molecular flexibility index (Phi) is 7.07. The van der Waals surface area contributed by atoms with Gasteiger partial charge in [0.2, 0.25) is 5.91 Å². The van der Waals surface area contributed by atoms with Gasteiger partial charge in [0, 0.05) is 38.6 Å². The van der Waals surface area contributed by atoms with Gasteiger partial charge in [0.15, 0.2) is 11.5 Å². The number of piperidine rings is 1. The Balaban J connectivity index is 1.93. The van der Waals surface area contributed by atoms with E-state index in [1.54, 1.807) is 19.1 Å².